The van der Waals surface area contributed by atoms with E-state index in [1.165, 1.54) is 0 Å². The van der Waals surface area contributed by atoms with E-state index in [2.05, 4.69) is 15.6 Å². The number of carbonyl (C=O) groups excluding carboxylic acids is 1. The largest absolute Gasteiger partial charge is 0.361 e. The average molecular weight is 262 g/mol. The van der Waals surface area contributed by atoms with E-state index in [1.807, 2.05) is 27.1 Å². The summed E-state index contributed by atoms with van der Waals surface area (Å²) in [6.07, 6.45) is 4.71. The standard InChI is InChI=1S/C13H18N4O2/c1-9-12(10(2)19-16-9)4-5-13(18)14-6-11-7-15-17(3)8-11/h7-8H,4-6H2,1-3H3,(H,14,18). The summed E-state index contributed by atoms with van der Waals surface area (Å²) >= 11 is 0. The van der Waals surface area contributed by atoms with Gasteiger partial charge in [-0.15, -0.1) is 0 Å². The molecule has 2 aromatic heterocycles. The maximum absolute atomic E-state index is 11.8. The number of hydrogen-bond acceptors (Lipinski definition) is 4. The lowest BCUT2D eigenvalue weighted by Gasteiger charge is -2.03. The van der Waals surface area contributed by atoms with Crippen LogP contribution >= 0.6 is 0 Å². The number of nitrogens with one attached hydrogen (secondary N) is 1. The van der Waals surface area contributed by atoms with Crippen molar-refractivity contribution < 1.29 is 9.32 Å². The Labute approximate surface area is 111 Å². The van der Waals surface area contributed by atoms with E-state index in [-0.39, 0.29) is 5.91 Å². The zero-order chi connectivity index (χ0) is 13.8. The zero-order valence-corrected chi connectivity index (χ0v) is 11.4. The summed E-state index contributed by atoms with van der Waals surface area (Å²) in [6.45, 7) is 4.26. The Morgan fingerprint density at radius 3 is 2.84 bits per heavy atom. The van der Waals surface area contributed by atoms with Gasteiger partial charge in [-0.05, 0) is 20.3 Å². The van der Waals surface area contributed by atoms with Crippen LogP contribution in [0.25, 0.3) is 0 Å². The molecular weight excluding hydrogens is 244 g/mol. The second-order valence-corrected chi connectivity index (χ2v) is 4.60. The Morgan fingerprint density at radius 2 is 2.26 bits per heavy atom. The van der Waals surface area contributed by atoms with Gasteiger partial charge in [0.2, 0.25) is 5.91 Å². The Kier molecular flexibility index (Phi) is 3.99. The summed E-state index contributed by atoms with van der Waals surface area (Å²) in [4.78, 5) is 11.8. The van der Waals surface area contributed by atoms with E-state index < -0.39 is 0 Å². The van der Waals surface area contributed by atoms with Crippen molar-refractivity contribution in [2.45, 2.75) is 33.2 Å². The van der Waals surface area contributed by atoms with Gasteiger partial charge in [0.05, 0.1) is 11.9 Å². The maximum Gasteiger partial charge on any atom is 0.220 e. The minimum atomic E-state index is 0.0175. The van der Waals surface area contributed by atoms with Crippen LogP contribution in [0.15, 0.2) is 16.9 Å². The molecule has 0 aliphatic heterocycles. The third kappa shape index (κ3) is 3.43. The monoisotopic (exact) mass is 262 g/mol. The van der Waals surface area contributed by atoms with E-state index in [1.54, 1.807) is 10.9 Å². The Morgan fingerprint density at radius 1 is 1.47 bits per heavy atom. The first-order chi connectivity index (χ1) is 9.06. The number of amides is 1. The SMILES string of the molecule is Cc1noc(C)c1CCC(=O)NCc1cnn(C)c1. The minimum Gasteiger partial charge on any atom is -0.361 e. The van der Waals surface area contributed by atoms with Gasteiger partial charge in [-0.1, -0.05) is 5.16 Å². The Bertz CT molecular complexity index is 551. The van der Waals surface area contributed by atoms with Crippen molar-refractivity contribution in [1.82, 2.24) is 20.3 Å². The summed E-state index contributed by atoms with van der Waals surface area (Å²) in [6, 6.07) is 0. The molecule has 0 saturated carbocycles. The van der Waals surface area contributed by atoms with Crippen LogP contribution in [0.5, 0.6) is 0 Å². The average Bonchev–Trinajstić information content (AvgIpc) is 2.92. The molecule has 0 unspecified atom stereocenters. The molecule has 0 spiro atoms. The van der Waals surface area contributed by atoms with Gasteiger partial charge in [0.25, 0.3) is 0 Å². The van der Waals surface area contributed by atoms with Crippen molar-refractivity contribution in [3.8, 4) is 0 Å². The number of aromatic nitrogens is 3. The lowest BCUT2D eigenvalue weighted by Crippen LogP contribution is -2.22. The van der Waals surface area contributed by atoms with Gasteiger partial charge in [0, 0.05) is 37.3 Å². The van der Waals surface area contributed by atoms with Crippen LogP contribution in [-0.4, -0.2) is 20.8 Å². The highest BCUT2D eigenvalue weighted by Crippen LogP contribution is 2.14. The predicted molar refractivity (Wildman–Crippen MR) is 69.4 cm³/mol. The molecule has 2 rings (SSSR count). The predicted octanol–water partition coefficient (Wildman–Crippen LogP) is 1.27. The number of hydrogen-bond donors (Lipinski definition) is 1. The number of rotatable bonds is 5. The molecule has 19 heavy (non-hydrogen) atoms. The van der Waals surface area contributed by atoms with Crippen LogP contribution in [0, 0.1) is 13.8 Å². The van der Waals surface area contributed by atoms with Gasteiger partial charge in [-0.25, -0.2) is 0 Å². The first kappa shape index (κ1) is 13.3. The lowest BCUT2D eigenvalue weighted by molar-refractivity contribution is -0.121. The van der Waals surface area contributed by atoms with Crippen LogP contribution < -0.4 is 5.32 Å². The molecular formula is C13H18N4O2. The fourth-order valence-electron chi connectivity index (χ4n) is 1.95. The van der Waals surface area contributed by atoms with Crippen LogP contribution in [0.2, 0.25) is 0 Å². The first-order valence-corrected chi connectivity index (χ1v) is 6.22. The smallest absolute Gasteiger partial charge is 0.220 e. The fourth-order valence-corrected chi connectivity index (χ4v) is 1.95. The van der Waals surface area contributed by atoms with Gasteiger partial charge in [-0.3, -0.25) is 9.48 Å². The zero-order valence-electron chi connectivity index (χ0n) is 11.4. The fraction of sp³-hybridized carbons (Fsp3) is 0.462. The number of aryl methyl sites for hydroxylation is 3. The van der Waals surface area contributed by atoms with Crippen molar-refractivity contribution in [1.29, 1.82) is 0 Å². The molecule has 102 valence electrons. The molecule has 0 aromatic carbocycles. The normalized spacial score (nSPS) is 10.7. The quantitative estimate of drug-likeness (QED) is 0.880. The third-order valence-electron chi connectivity index (χ3n) is 3.03. The molecule has 6 nitrogen and oxygen atoms in total. The highest BCUT2D eigenvalue weighted by atomic mass is 16.5. The topological polar surface area (TPSA) is 73.0 Å². The second-order valence-electron chi connectivity index (χ2n) is 4.60. The van der Waals surface area contributed by atoms with E-state index >= 15 is 0 Å². The molecule has 1 N–H and O–H groups in total. The van der Waals surface area contributed by atoms with E-state index in [0.717, 1.165) is 22.6 Å². The highest BCUT2D eigenvalue weighted by Gasteiger charge is 2.11. The third-order valence-corrected chi connectivity index (χ3v) is 3.03. The van der Waals surface area contributed by atoms with Crippen LogP contribution in [0.4, 0.5) is 0 Å². The molecule has 0 aliphatic rings. The van der Waals surface area contributed by atoms with E-state index in [4.69, 9.17) is 4.52 Å². The molecule has 0 bridgehead atoms. The number of carbonyl (C=O) groups is 1. The van der Waals surface area contributed by atoms with Crippen LogP contribution in [0.3, 0.4) is 0 Å². The molecule has 0 atom stereocenters. The van der Waals surface area contributed by atoms with Crippen LogP contribution in [-0.2, 0) is 24.8 Å². The lowest BCUT2D eigenvalue weighted by atomic mass is 10.1. The summed E-state index contributed by atoms with van der Waals surface area (Å²) in [5.41, 5.74) is 2.88. The van der Waals surface area contributed by atoms with Gasteiger partial charge >= 0.3 is 0 Å². The molecule has 0 fully saturated rings. The van der Waals surface area contributed by atoms with Crippen molar-refractivity contribution in [3.63, 3.8) is 0 Å². The van der Waals surface area contributed by atoms with Gasteiger partial charge in [0.15, 0.2) is 0 Å². The van der Waals surface area contributed by atoms with E-state index in [0.29, 0.717) is 19.4 Å². The molecule has 0 radical (unpaired) electrons. The second kappa shape index (κ2) is 5.69. The summed E-state index contributed by atoms with van der Waals surface area (Å²) in [5, 5.41) is 10.8. The number of nitrogens with zero attached hydrogens (tertiary/aromatic N) is 3. The van der Waals surface area contributed by atoms with Gasteiger partial charge < -0.3 is 9.84 Å². The van der Waals surface area contributed by atoms with Gasteiger partial charge in [0.1, 0.15) is 5.76 Å². The van der Waals surface area contributed by atoms with Crippen molar-refractivity contribution in [3.05, 3.63) is 35.0 Å². The van der Waals surface area contributed by atoms with Crippen molar-refractivity contribution in [2.24, 2.45) is 7.05 Å². The van der Waals surface area contributed by atoms with Gasteiger partial charge in [-0.2, -0.15) is 5.10 Å². The Hall–Kier alpha value is -2.11. The van der Waals surface area contributed by atoms with Crippen molar-refractivity contribution >= 4 is 5.91 Å². The summed E-state index contributed by atoms with van der Waals surface area (Å²) in [5.74, 6) is 0.807. The molecule has 6 heteroatoms. The van der Waals surface area contributed by atoms with E-state index in [9.17, 15) is 4.79 Å². The first-order valence-electron chi connectivity index (χ1n) is 6.22. The van der Waals surface area contributed by atoms with Crippen LogP contribution in [0.1, 0.15) is 29.0 Å². The molecule has 0 aliphatic carbocycles. The highest BCUT2D eigenvalue weighted by molar-refractivity contribution is 5.76. The molecule has 2 aromatic rings. The molecule has 2 heterocycles. The molecule has 1 amide bonds. The summed E-state index contributed by atoms with van der Waals surface area (Å²) < 4.78 is 6.78. The summed E-state index contributed by atoms with van der Waals surface area (Å²) in [7, 11) is 1.85. The Balaban J connectivity index is 1.79. The maximum atomic E-state index is 11.8. The molecule has 0 saturated heterocycles. The van der Waals surface area contributed by atoms with Crippen molar-refractivity contribution in [2.75, 3.05) is 0 Å². The minimum absolute atomic E-state index is 0.0175.